The van der Waals surface area contributed by atoms with Gasteiger partial charge in [0.15, 0.2) is 0 Å². The fourth-order valence-electron chi connectivity index (χ4n) is 2.98. The molecule has 2 heterocycles. The molecule has 0 saturated heterocycles. The minimum Gasteiger partial charge on any atom is -0.361 e. The molecule has 0 fully saturated rings. The van der Waals surface area contributed by atoms with E-state index in [1.807, 2.05) is 36.5 Å². The van der Waals surface area contributed by atoms with Crippen LogP contribution in [0.1, 0.15) is 10.4 Å². The first-order valence-corrected chi connectivity index (χ1v) is 7.61. The molecule has 24 heavy (non-hydrogen) atoms. The van der Waals surface area contributed by atoms with Gasteiger partial charge in [-0.05, 0) is 24.3 Å². The lowest BCUT2D eigenvalue weighted by Gasteiger charge is -2.11. The van der Waals surface area contributed by atoms with Gasteiger partial charge in [0.05, 0.1) is 11.3 Å². The Labute approximate surface area is 137 Å². The minimum atomic E-state index is -0.240. The fraction of sp³-hybridized carbons (Fsp3) is 0.0526. The standard InChI is InChI=1S/C19H15N3O2/c1-22-11-15(12-5-2-3-6-13(12)19(22)24)18(23)21-17-8-4-7-16-14(17)9-10-20-16/h2-11,20H,1H3,(H,21,23). The highest BCUT2D eigenvalue weighted by molar-refractivity contribution is 6.14. The van der Waals surface area contributed by atoms with Crippen LogP contribution in [0.5, 0.6) is 0 Å². The van der Waals surface area contributed by atoms with Crippen LogP contribution < -0.4 is 10.9 Å². The minimum absolute atomic E-state index is 0.116. The van der Waals surface area contributed by atoms with Gasteiger partial charge in [-0.2, -0.15) is 0 Å². The number of carbonyl (C=O) groups is 1. The largest absolute Gasteiger partial charge is 0.361 e. The molecular formula is C19H15N3O2. The Morgan fingerprint density at radius 3 is 2.62 bits per heavy atom. The number of aromatic nitrogens is 2. The van der Waals surface area contributed by atoms with E-state index in [4.69, 9.17) is 0 Å². The van der Waals surface area contributed by atoms with Crippen LogP contribution in [0.15, 0.2) is 65.7 Å². The van der Waals surface area contributed by atoms with E-state index in [0.29, 0.717) is 16.3 Å². The smallest absolute Gasteiger partial charge is 0.258 e. The number of pyridine rings is 1. The lowest BCUT2D eigenvalue weighted by molar-refractivity contribution is 0.102. The van der Waals surface area contributed by atoms with Crippen molar-refractivity contribution >= 4 is 33.3 Å². The maximum absolute atomic E-state index is 12.8. The Balaban J connectivity index is 1.83. The zero-order valence-corrected chi connectivity index (χ0v) is 13.0. The van der Waals surface area contributed by atoms with Crippen LogP contribution in [0.3, 0.4) is 0 Å². The van der Waals surface area contributed by atoms with Gasteiger partial charge in [-0.3, -0.25) is 9.59 Å². The van der Waals surface area contributed by atoms with Gasteiger partial charge in [0.25, 0.3) is 11.5 Å². The molecule has 4 aromatic rings. The van der Waals surface area contributed by atoms with E-state index in [0.717, 1.165) is 16.6 Å². The summed E-state index contributed by atoms with van der Waals surface area (Å²) in [6.07, 6.45) is 3.42. The Morgan fingerprint density at radius 1 is 1.00 bits per heavy atom. The highest BCUT2D eigenvalue weighted by atomic mass is 16.2. The Morgan fingerprint density at radius 2 is 1.79 bits per heavy atom. The summed E-state index contributed by atoms with van der Waals surface area (Å²) in [6.45, 7) is 0. The second-order valence-corrected chi connectivity index (χ2v) is 5.70. The van der Waals surface area contributed by atoms with Crippen molar-refractivity contribution < 1.29 is 4.79 Å². The third-order valence-electron chi connectivity index (χ3n) is 4.18. The van der Waals surface area contributed by atoms with Crippen molar-refractivity contribution in [3.8, 4) is 0 Å². The lowest BCUT2D eigenvalue weighted by Crippen LogP contribution is -2.21. The van der Waals surface area contributed by atoms with Crippen LogP contribution in [0.2, 0.25) is 0 Å². The number of H-pyrrole nitrogens is 1. The first kappa shape index (κ1) is 14.3. The van der Waals surface area contributed by atoms with Gasteiger partial charge >= 0.3 is 0 Å². The first-order chi connectivity index (χ1) is 11.6. The average Bonchev–Trinajstić information content (AvgIpc) is 3.08. The highest BCUT2D eigenvalue weighted by Gasteiger charge is 2.14. The zero-order chi connectivity index (χ0) is 16.7. The van der Waals surface area contributed by atoms with E-state index < -0.39 is 0 Å². The molecule has 0 spiro atoms. The predicted octanol–water partition coefficient (Wildman–Crippen LogP) is 3.27. The molecule has 2 aromatic heterocycles. The molecule has 0 aliphatic heterocycles. The number of hydrogen-bond donors (Lipinski definition) is 2. The number of nitrogens with one attached hydrogen (secondary N) is 2. The van der Waals surface area contributed by atoms with Gasteiger partial charge in [0, 0.05) is 41.1 Å². The Kier molecular flexibility index (Phi) is 3.20. The zero-order valence-electron chi connectivity index (χ0n) is 13.0. The van der Waals surface area contributed by atoms with Crippen molar-refractivity contribution in [3.63, 3.8) is 0 Å². The van der Waals surface area contributed by atoms with Crippen molar-refractivity contribution in [2.75, 3.05) is 5.32 Å². The number of fused-ring (bicyclic) bond motifs is 2. The summed E-state index contributed by atoms with van der Waals surface area (Å²) in [5.41, 5.74) is 2.05. The first-order valence-electron chi connectivity index (χ1n) is 7.61. The van der Waals surface area contributed by atoms with Crippen molar-refractivity contribution in [2.24, 2.45) is 7.05 Å². The van der Waals surface area contributed by atoms with Crippen molar-refractivity contribution in [1.82, 2.24) is 9.55 Å². The summed E-state index contributed by atoms with van der Waals surface area (Å²) >= 11 is 0. The lowest BCUT2D eigenvalue weighted by atomic mass is 10.1. The third-order valence-corrected chi connectivity index (χ3v) is 4.18. The van der Waals surface area contributed by atoms with Gasteiger partial charge in [-0.25, -0.2) is 0 Å². The molecule has 5 heteroatoms. The molecule has 0 aliphatic carbocycles. The van der Waals surface area contributed by atoms with E-state index >= 15 is 0 Å². The molecular weight excluding hydrogens is 302 g/mol. The average molecular weight is 317 g/mol. The van der Waals surface area contributed by atoms with Crippen LogP contribution in [0.4, 0.5) is 5.69 Å². The van der Waals surface area contributed by atoms with Crippen molar-refractivity contribution in [2.45, 2.75) is 0 Å². The number of amides is 1. The van der Waals surface area contributed by atoms with Gasteiger partial charge in [0.1, 0.15) is 0 Å². The van der Waals surface area contributed by atoms with E-state index in [1.165, 1.54) is 4.57 Å². The van der Waals surface area contributed by atoms with E-state index in [9.17, 15) is 9.59 Å². The van der Waals surface area contributed by atoms with Crippen LogP contribution in [-0.4, -0.2) is 15.5 Å². The SMILES string of the molecule is Cn1cc(C(=O)Nc2cccc3[nH]ccc23)c2ccccc2c1=O. The molecule has 4 rings (SSSR count). The molecule has 118 valence electrons. The summed E-state index contributed by atoms with van der Waals surface area (Å²) in [7, 11) is 1.65. The molecule has 2 N–H and O–H groups in total. The molecule has 0 saturated carbocycles. The van der Waals surface area contributed by atoms with E-state index in [-0.39, 0.29) is 11.5 Å². The molecule has 1 amide bonds. The topological polar surface area (TPSA) is 66.9 Å². The molecule has 0 bridgehead atoms. The molecule has 2 aromatic carbocycles. The number of nitrogens with zero attached hydrogens (tertiary/aromatic N) is 1. The maximum Gasteiger partial charge on any atom is 0.258 e. The second kappa shape index (κ2) is 5.38. The number of benzene rings is 2. The predicted molar refractivity (Wildman–Crippen MR) is 95.4 cm³/mol. The van der Waals surface area contributed by atoms with Crippen LogP contribution >= 0.6 is 0 Å². The molecule has 0 radical (unpaired) electrons. The summed E-state index contributed by atoms with van der Waals surface area (Å²) < 4.78 is 1.44. The second-order valence-electron chi connectivity index (χ2n) is 5.70. The quantitative estimate of drug-likeness (QED) is 0.596. The summed E-state index contributed by atoms with van der Waals surface area (Å²) in [4.78, 5) is 28.2. The van der Waals surface area contributed by atoms with Crippen molar-refractivity contribution in [3.05, 3.63) is 76.8 Å². The molecule has 5 nitrogen and oxygen atoms in total. The van der Waals surface area contributed by atoms with Gasteiger partial charge in [-0.15, -0.1) is 0 Å². The molecule has 0 atom stereocenters. The van der Waals surface area contributed by atoms with Gasteiger partial charge in [-0.1, -0.05) is 24.3 Å². The van der Waals surface area contributed by atoms with E-state index in [1.54, 1.807) is 31.4 Å². The number of rotatable bonds is 2. The Bertz CT molecular complexity index is 1140. The highest BCUT2D eigenvalue weighted by Crippen LogP contribution is 2.24. The normalized spacial score (nSPS) is 11.0. The van der Waals surface area contributed by atoms with Crippen LogP contribution in [0.25, 0.3) is 21.7 Å². The van der Waals surface area contributed by atoms with Crippen molar-refractivity contribution in [1.29, 1.82) is 0 Å². The number of aromatic amines is 1. The molecule has 0 unspecified atom stereocenters. The number of hydrogen-bond acceptors (Lipinski definition) is 2. The van der Waals surface area contributed by atoms with Gasteiger partial charge < -0.3 is 14.9 Å². The number of carbonyl (C=O) groups excluding carboxylic acids is 1. The maximum atomic E-state index is 12.8. The summed E-state index contributed by atoms with van der Waals surface area (Å²) in [5.74, 6) is -0.240. The summed E-state index contributed by atoms with van der Waals surface area (Å²) in [6, 6.07) is 14.8. The Hall–Kier alpha value is -3.34. The third kappa shape index (κ3) is 2.18. The van der Waals surface area contributed by atoms with Crippen LogP contribution in [0, 0.1) is 0 Å². The number of aryl methyl sites for hydroxylation is 1. The molecule has 0 aliphatic rings. The monoisotopic (exact) mass is 317 g/mol. The van der Waals surface area contributed by atoms with Crippen LogP contribution in [-0.2, 0) is 7.05 Å². The van der Waals surface area contributed by atoms with E-state index in [2.05, 4.69) is 10.3 Å². The van der Waals surface area contributed by atoms with Gasteiger partial charge in [0.2, 0.25) is 0 Å². The fourth-order valence-corrected chi connectivity index (χ4v) is 2.98. The number of anilines is 1. The summed E-state index contributed by atoms with van der Waals surface area (Å²) in [5, 5.41) is 5.08.